The number of aliphatic hydroxyl groups is 1. The number of aromatic nitrogens is 2. The van der Waals surface area contributed by atoms with Gasteiger partial charge in [0.25, 0.3) is 0 Å². The van der Waals surface area contributed by atoms with Gasteiger partial charge in [-0.3, -0.25) is 13.7 Å². The highest BCUT2D eigenvalue weighted by Crippen LogP contribution is 2.33. The van der Waals surface area contributed by atoms with Crippen molar-refractivity contribution in [2.75, 3.05) is 5.73 Å². The number of ether oxygens (including phenoxy) is 1. The Morgan fingerprint density at radius 1 is 1.24 bits per heavy atom. The first-order valence-corrected chi connectivity index (χ1v) is 12.4. The third-order valence-corrected chi connectivity index (χ3v) is 8.04. The predicted octanol–water partition coefficient (Wildman–Crippen LogP) is 2.04. The molecule has 0 amide bonds. The third kappa shape index (κ3) is 5.70. The summed E-state index contributed by atoms with van der Waals surface area (Å²) in [4.78, 5) is 24.9. The van der Waals surface area contributed by atoms with Crippen LogP contribution < -0.4 is 11.4 Å². The van der Waals surface area contributed by atoms with Crippen molar-refractivity contribution in [1.29, 1.82) is 0 Å². The van der Waals surface area contributed by atoms with E-state index in [-0.39, 0.29) is 12.2 Å². The molecular formula is C16H13I3N3O6P. The maximum absolute atomic E-state index is 12.2. The Kier molecular flexibility index (Phi) is 7.98. The molecule has 2 heterocycles. The third-order valence-electron chi connectivity index (χ3n) is 3.90. The van der Waals surface area contributed by atoms with Crippen molar-refractivity contribution >= 4 is 81.8 Å². The van der Waals surface area contributed by atoms with E-state index in [1.54, 1.807) is 0 Å². The fourth-order valence-electron chi connectivity index (χ4n) is 2.54. The first-order valence-electron chi connectivity index (χ1n) is 7.94. The van der Waals surface area contributed by atoms with Gasteiger partial charge < -0.3 is 20.5 Å². The van der Waals surface area contributed by atoms with Crippen molar-refractivity contribution < 1.29 is 23.8 Å². The van der Waals surface area contributed by atoms with E-state index in [2.05, 4.69) is 89.1 Å². The zero-order valence-corrected chi connectivity index (χ0v) is 21.8. The monoisotopic (exact) mass is 755 g/mol. The molecule has 1 aliphatic rings. The van der Waals surface area contributed by atoms with Gasteiger partial charge in [0.2, 0.25) is 0 Å². The Bertz CT molecular complexity index is 1100. The van der Waals surface area contributed by atoms with E-state index in [1.807, 2.05) is 12.1 Å². The Morgan fingerprint density at radius 2 is 1.90 bits per heavy atom. The lowest BCUT2D eigenvalue weighted by Crippen LogP contribution is -2.28. The number of nitrogens with zero attached hydrogens (tertiary/aromatic N) is 2. The van der Waals surface area contributed by atoms with E-state index in [0.29, 0.717) is 5.56 Å². The van der Waals surface area contributed by atoms with Crippen LogP contribution in [-0.2, 0) is 13.8 Å². The molecule has 0 spiro atoms. The molecule has 2 aromatic rings. The lowest BCUT2D eigenvalue weighted by atomic mass is 10.2. The number of nitrogens with two attached hydrogens (primary N) is 1. The van der Waals surface area contributed by atoms with Crippen LogP contribution in [-0.4, -0.2) is 31.9 Å². The second-order valence-electron chi connectivity index (χ2n) is 5.87. The number of halogens is 3. The Hall–Kier alpha value is -0.280. The molecule has 1 fully saturated rings. The first kappa shape index (κ1) is 23.4. The SMILES string of the molecule is Nc1nc(=O)n([C@H]2C[C@@H](O)[C@@H](O[PH](=O)O)O2)cc1C#Cc1cc(I)c(I)cc1I. The highest BCUT2D eigenvalue weighted by Gasteiger charge is 2.37. The van der Waals surface area contributed by atoms with Gasteiger partial charge >= 0.3 is 13.9 Å². The summed E-state index contributed by atoms with van der Waals surface area (Å²) < 4.78 is 25.2. The molecule has 3 rings (SSSR count). The van der Waals surface area contributed by atoms with Crippen LogP contribution in [0.25, 0.3) is 0 Å². The lowest BCUT2D eigenvalue weighted by Gasteiger charge is -2.15. The van der Waals surface area contributed by atoms with E-state index in [4.69, 9.17) is 15.4 Å². The number of nitrogen functional groups attached to an aromatic ring is 1. The molecule has 4 N–H and O–H groups in total. The summed E-state index contributed by atoms with van der Waals surface area (Å²) in [6, 6.07) is 3.96. The van der Waals surface area contributed by atoms with Gasteiger partial charge in [-0.1, -0.05) is 11.8 Å². The number of benzene rings is 1. The lowest BCUT2D eigenvalue weighted by molar-refractivity contribution is -0.126. The number of rotatable bonds is 3. The molecule has 0 radical (unpaired) electrons. The van der Waals surface area contributed by atoms with Crippen LogP contribution >= 0.6 is 76.0 Å². The molecule has 1 unspecified atom stereocenters. The van der Waals surface area contributed by atoms with Crippen molar-refractivity contribution in [2.24, 2.45) is 0 Å². The topological polar surface area (TPSA) is 137 Å². The molecule has 13 heteroatoms. The van der Waals surface area contributed by atoms with Crippen LogP contribution in [0.3, 0.4) is 0 Å². The molecule has 1 aliphatic heterocycles. The molecule has 1 aromatic carbocycles. The minimum atomic E-state index is -3.31. The standard InChI is InChI=1S/C16H13I3N3O6P/c17-9-4-11(19)10(18)3-7(9)1-2-8-6-22(16(24)21-14(8)20)13-5-12(23)15(27-13)28-29(25)26/h3-4,6,12-13,15,23,29H,5H2,(H,25,26)(H2,20,21,24)/t12-,13-,15-/m1/s1. The molecule has 4 atom stereocenters. The number of hydrogen-bond acceptors (Lipinski definition) is 7. The molecule has 0 bridgehead atoms. The maximum atomic E-state index is 12.2. The minimum absolute atomic E-state index is 0.0224. The van der Waals surface area contributed by atoms with Crippen molar-refractivity contribution in [3.05, 3.63) is 50.7 Å². The summed E-state index contributed by atoms with van der Waals surface area (Å²) in [6.45, 7) is 0. The van der Waals surface area contributed by atoms with Gasteiger partial charge in [-0.15, -0.1) is 0 Å². The second-order valence-corrected chi connectivity index (χ2v) is 10.1. The van der Waals surface area contributed by atoms with E-state index in [9.17, 15) is 14.5 Å². The van der Waals surface area contributed by atoms with Crippen molar-refractivity contribution in [3.63, 3.8) is 0 Å². The summed E-state index contributed by atoms with van der Waals surface area (Å²) in [5, 5.41) is 9.94. The van der Waals surface area contributed by atoms with Crippen molar-refractivity contribution in [1.82, 2.24) is 9.55 Å². The fourth-order valence-corrected chi connectivity index (χ4v) is 5.08. The van der Waals surface area contributed by atoms with Gasteiger partial charge in [-0.05, 0) is 79.9 Å². The van der Waals surface area contributed by atoms with E-state index >= 15 is 0 Å². The Labute approximate surface area is 206 Å². The largest absolute Gasteiger partial charge is 0.388 e. The van der Waals surface area contributed by atoms with Gasteiger partial charge in [0.15, 0.2) is 6.29 Å². The summed E-state index contributed by atoms with van der Waals surface area (Å²) in [6.07, 6.45) is -2.05. The molecule has 1 saturated heterocycles. The number of anilines is 1. The molecule has 0 saturated carbocycles. The highest BCUT2D eigenvalue weighted by molar-refractivity contribution is 14.1. The quantitative estimate of drug-likeness (QED) is 0.188. The summed E-state index contributed by atoms with van der Waals surface area (Å²) in [7, 11) is -3.31. The Balaban J connectivity index is 1.93. The average Bonchev–Trinajstić information content (AvgIpc) is 2.98. The summed E-state index contributed by atoms with van der Waals surface area (Å²) in [5.74, 6) is 5.93. The van der Waals surface area contributed by atoms with E-state index in [0.717, 1.165) is 20.8 Å². The van der Waals surface area contributed by atoms with Gasteiger partial charge in [0.05, 0.1) is 5.56 Å². The highest BCUT2D eigenvalue weighted by atomic mass is 127. The zero-order chi connectivity index (χ0) is 21.3. The van der Waals surface area contributed by atoms with Gasteiger partial charge in [-0.2, -0.15) is 4.98 Å². The van der Waals surface area contributed by atoms with Crippen LogP contribution in [0, 0.1) is 22.6 Å². The number of hydrogen-bond donors (Lipinski definition) is 3. The number of aliphatic hydroxyl groups excluding tert-OH is 1. The molecule has 1 aromatic heterocycles. The van der Waals surface area contributed by atoms with Crippen LogP contribution in [0.5, 0.6) is 0 Å². The van der Waals surface area contributed by atoms with Gasteiger partial charge in [0, 0.05) is 28.9 Å². The minimum Gasteiger partial charge on any atom is -0.388 e. The smallest absolute Gasteiger partial charge is 0.351 e. The molecule has 154 valence electrons. The first-order chi connectivity index (χ1) is 13.7. The van der Waals surface area contributed by atoms with Crippen LogP contribution in [0.15, 0.2) is 23.1 Å². The second kappa shape index (κ2) is 9.90. The fraction of sp³-hybridized carbons (Fsp3) is 0.250. The normalized spacial score (nSPS) is 22.2. The zero-order valence-electron chi connectivity index (χ0n) is 14.3. The van der Waals surface area contributed by atoms with Crippen LogP contribution in [0.1, 0.15) is 23.8 Å². The molecule has 0 aliphatic carbocycles. The van der Waals surface area contributed by atoms with Crippen molar-refractivity contribution in [2.45, 2.75) is 25.0 Å². The molecule has 9 nitrogen and oxygen atoms in total. The summed E-state index contributed by atoms with van der Waals surface area (Å²) in [5.41, 5.74) is 6.27. The Morgan fingerprint density at radius 3 is 2.59 bits per heavy atom. The van der Waals surface area contributed by atoms with Gasteiger partial charge in [-0.25, -0.2) is 4.79 Å². The van der Waals surface area contributed by atoms with Crippen LogP contribution in [0.4, 0.5) is 5.82 Å². The maximum Gasteiger partial charge on any atom is 0.351 e. The average molecular weight is 755 g/mol. The van der Waals surface area contributed by atoms with Gasteiger partial charge in [0.1, 0.15) is 18.1 Å². The molecule has 29 heavy (non-hydrogen) atoms. The van der Waals surface area contributed by atoms with E-state index in [1.165, 1.54) is 6.20 Å². The molecular weight excluding hydrogens is 742 g/mol. The predicted molar refractivity (Wildman–Crippen MR) is 130 cm³/mol. The van der Waals surface area contributed by atoms with Crippen molar-refractivity contribution in [3.8, 4) is 11.8 Å². The van der Waals surface area contributed by atoms with Crippen LogP contribution in [0.2, 0.25) is 0 Å². The summed E-state index contributed by atoms with van der Waals surface area (Å²) >= 11 is 6.66. The van der Waals surface area contributed by atoms with E-state index < -0.39 is 32.6 Å².